The lowest BCUT2D eigenvalue weighted by atomic mass is 9.97. The van der Waals surface area contributed by atoms with Gasteiger partial charge >= 0.3 is 0 Å². The number of hydrogen-bond acceptors (Lipinski definition) is 4. The number of methoxy groups -OCH3 is 2. The second-order valence-corrected chi connectivity index (χ2v) is 5.01. The van der Waals surface area contributed by atoms with Gasteiger partial charge < -0.3 is 9.47 Å². The van der Waals surface area contributed by atoms with Gasteiger partial charge in [-0.15, -0.1) is 0 Å². The number of benzene rings is 2. The molecule has 0 spiro atoms. The van der Waals surface area contributed by atoms with Gasteiger partial charge in [0.15, 0.2) is 0 Å². The van der Waals surface area contributed by atoms with Crippen LogP contribution in [0.1, 0.15) is 22.7 Å². The van der Waals surface area contributed by atoms with Crippen molar-refractivity contribution in [3.8, 4) is 11.5 Å². The minimum Gasteiger partial charge on any atom is -0.497 e. The van der Waals surface area contributed by atoms with E-state index in [1.165, 1.54) is 5.56 Å². The third kappa shape index (κ3) is 3.74. The molecule has 2 aromatic rings. The lowest BCUT2D eigenvalue weighted by molar-refractivity contribution is 0.405. The summed E-state index contributed by atoms with van der Waals surface area (Å²) in [5, 5.41) is 0. The van der Waals surface area contributed by atoms with E-state index >= 15 is 0 Å². The van der Waals surface area contributed by atoms with Crippen molar-refractivity contribution in [3.63, 3.8) is 0 Å². The Morgan fingerprint density at radius 1 is 1.05 bits per heavy atom. The minimum atomic E-state index is 0.0200. The number of hydrazine groups is 1. The highest BCUT2D eigenvalue weighted by molar-refractivity contribution is 5.39. The van der Waals surface area contributed by atoms with Gasteiger partial charge in [0, 0.05) is 0 Å². The lowest BCUT2D eigenvalue weighted by Gasteiger charge is -2.19. The van der Waals surface area contributed by atoms with Crippen LogP contribution in [0.25, 0.3) is 0 Å². The van der Waals surface area contributed by atoms with Crippen LogP contribution in [0, 0.1) is 6.92 Å². The van der Waals surface area contributed by atoms with Crippen molar-refractivity contribution in [2.75, 3.05) is 14.2 Å². The summed E-state index contributed by atoms with van der Waals surface area (Å²) in [6.07, 6.45) is 0.758. The van der Waals surface area contributed by atoms with E-state index in [9.17, 15) is 0 Å². The molecule has 2 aromatic carbocycles. The quantitative estimate of drug-likeness (QED) is 0.633. The van der Waals surface area contributed by atoms with E-state index < -0.39 is 0 Å². The second kappa shape index (κ2) is 7.11. The summed E-state index contributed by atoms with van der Waals surface area (Å²) in [6, 6.07) is 14.1. The molecule has 3 N–H and O–H groups in total. The highest BCUT2D eigenvalue weighted by Gasteiger charge is 2.14. The molecule has 0 heterocycles. The van der Waals surface area contributed by atoms with E-state index in [0.29, 0.717) is 0 Å². The van der Waals surface area contributed by atoms with Crippen molar-refractivity contribution >= 4 is 0 Å². The van der Waals surface area contributed by atoms with Crippen LogP contribution in [0.2, 0.25) is 0 Å². The van der Waals surface area contributed by atoms with Gasteiger partial charge in [0.1, 0.15) is 11.5 Å². The molecule has 112 valence electrons. The third-order valence-electron chi connectivity index (χ3n) is 3.58. The minimum absolute atomic E-state index is 0.0200. The van der Waals surface area contributed by atoms with Gasteiger partial charge in [-0.2, -0.15) is 0 Å². The number of ether oxygens (including phenoxy) is 2. The number of nitrogens with one attached hydrogen (secondary N) is 1. The number of hydrogen-bond donors (Lipinski definition) is 2. The van der Waals surface area contributed by atoms with E-state index in [-0.39, 0.29) is 6.04 Å². The zero-order valence-electron chi connectivity index (χ0n) is 12.7. The molecule has 0 aliphatic rings. The second-order valence-electron chi connectivity index (χ2n) is 5.01. The van der Waals surface area contributed by atoms with E-state index in [4.69, 9.17) is 15.3 Å². The summed E-state index contributed by atoms with van der Waals surface area (Å²) in [7, 11) is 3.34. The molecule has 0 radical (unpaired) electrons. The summed E-state index contributed by atoms with van der Waals surface area (Å²) >= 11 is 0. The Labute approximate surface area is 125 Å². The molecule has 0 aliphatic carbocycles. The first-order valence-corrected chi connectivity index (χ1v) is 6.91. The number of nitrogens with two attached hydrogens (primary N) is 1. The van der Waals surface area contributed by atoms with Crippen LogP contribution in [0.15, 0.2) is 42.5 Å². The average Bonchev–Trinajstić information content (AvgIpc) is 2.53. The summed E-state index contributed by atoms with van der Waals surface area (Å²) in [6.45, 7) is 2.07. The summed E-state index contributed by atoms with van der Waals surface area (Å²) in [5.41, 5.74) is 6.33. The molecule has 2 rings (SSSR count). The maximum atomic E-state index is 5.73. The van der Waals surface area contributed by atoms with Crippen molar-refractivity contribution in [2.45, 2.75) is 19.4 Å². The highest BCUT2D eigenvalue weighted by Crippen LogP contribution is 2.26. The van der Waals surface area contributed by atoms with Crippen LogP contribution in [-0.4, -0.2) is 14.2 Å². The third-order valence-corrected chi connectivity index (χ3v) is 3.58. The molecule has 0 fully saturated rings. The predicted octanol–water partition coefficient (Wildman–Crippen LogP) is 2.76. The Morgan fingerprint density at radius 3 is 2.33 bits per heavy atom. The first kappa shape index (κ1) is 15.4. The van der Waals surface area contributed by atoms with Crippen molar-refractivity contribution in [2.24, 2.45) is 5.84 Å². The molecule has 0 saturated carbocycles. The Kier molecular flexibility index (Phi) is 5.20. The molecule has 0 amide bonds. The SMILES string of the molecule is COc1ccc(C(Cc2cc(C)ccc2OC)NN)cc1. The fraction of sp³-hybridized carbons (Fsp3) is 0.294. The van der Waals surface area contributed by atoms with Crippen LogP contribution in [-0.2, 0) is 6.42 Å². The summed E-state index contributed by atoms with van der Waals surface area (Å²) < 4.78 is 10.6. The molecule has 4 heteroatoms. The first-order valence-electron chi connectivity index (χ1n) is 6.91. The Morgan fingerprint density at radius 2 is 1.76 bits per heavy atom. The first-order chi connectivity index (χ1) is 10.2. The van der Waals surface area contributed by atoms with Gasteiger partial charge in [0.05, 0.1) is 20.3 Å². The van der Waals surface area contributed by atoms with Gasteiger partial charge in [-0.3, -0.25) is 11.3 Å². The van der Waals surface area contributed by atoms with Crippen LogP contribution >= 0.6 is 0 Å². The van der Waals surface area contributed by atoms with Crippen molar-refractivity contribution < 1.29 is 9.47 Å². The number of rotatable bonds is 6. The maximum absolute atomic E-state index is 5.73. The molecule has 21 heavy (non-hydrogen) atoms. The van der Waals surface area contributed by atoms with E-state index in [1.807, 2.05) is 36.4 Å². The van der Waals surface area contributed by atoms with Crippen LogP contribution < -0.4 is 20.7 Å². The molecular weight excluding hydrogens is 264 g/mol. The molecule has 0 saturated heterocycles. The Balaban J connectivity index is 2.23. The van der Waals surface area contributed by atoms with Crippen molar-refractivity contribution in [1.82, 2.24) is 5.43 Å². The van der Waals surface area contributed by atoms with Gasteiger partial charge in [-0.25, -0.2) is 0 Å². The standard InChI is InChI=1S/C17H22N2O2/c1-12-4-9-17(21-3)14(10-12)11-16(19-18)13-5-7-15(20-2)8-6-13/h4-10,16,19H,11,18H2,1-3H3. The smallest absolute Gasteiger partial charge is 0.122 e. The zero-order valence-corrected chi connectivity index (χ0v) is 12.7. The molecular formula is C17H22N2O2. The maximum Gasteiger partial charge on any atom is 0.122 e. The van der Waals surface area contributed by atoms with E-state index in [1.54, 1.807) is 14.2 Å². The lowest BCUT2D eigenvalue weighted by Crippen LogP contribution is -2.29. The van der Waals surface area contributed by atoms with E-state index in [0.717, 1.165) is 29.0 Å². The molecule has 4 nitrogen and oxygen atoms in total. The molecule has 1 unspecified atom stereocenters. The summed E-state index contributed by atoms with van der Waals surface area (Å²) in [5.74, 6) is 7.45. The fourth-order valence-electron chi connectivity index (χ4n) is 2.40. The van der Waals surface area contributed by atoms with Crippen LogP contribution in [0.5, 0.6) is 11.5 Å². The summed E-state index contributed by atoms with van der Waals surface area (Å²) in [4.78, 5) is 0. The Hall–Kier alpha value is -2.04. The van der Waals surface area contributed by atoms with Gasteiger partial charge in [-0.1, -0.05) is 29.8 Å². The van der Waals surface area contributed by atoms with Gasteiger partial charge in [-0.05, 0) is 42.7 Å². The van der Waals surface area contributed by atoms with Crippen LogP contribution in [0.3, 0.4) is 0 Å². The fourth-order valence-corrected chi connectivity index (χ4v) is 2.40. The molecule has 0 aliphatic heterocycles. The molecule has 0 bridgehead atoms. The van der Waals surface area contributed by atoms with Crippen LogP contribution in [0.4, 0.5) is 0 Å². The van der Waals surface area contributed by atoms with Gasteiger partial charge in [0.2, 0.25) is 0 Å². The molecule has 0 aromatic heterocycles. The van der Waals surface area contributed by atoms with Crippen molar-refractivity contribution in [3.05, 3.63) is 59.2 Å². The highest BCUT2D eigenvalue weighted by atomic mass is 16.5. The zero-order chi connectivity index (χ0) is 15.2. The number of aryl methyl sites for hydroxylation is 1. The molecule has 1 atom stereocenters. The van der Waals surface area contributed by atoms with Crippen molar-refractivity contribution in [1.29, 1.82) is 0 Å². The monoisotopic (exact) mass is 286 g/mol. The predicted molar refractivity (Wildman–Crippen MR) is 84.5 cm³/mol. The topological polar surface area (TPSA) is 56.5 Å². The largest absolute Gasteiger partial charge is 0.497 e. The average molecular weight is 286 g/mol. The van der Waals surface area contributed by atoms with E-state index in [2.05, 4.69) is 18.4 Å². The Bertz CT molecular complexity index is 582. The normalized spacial score (nSPS) is 12.0. The van der Waals surface area contributed by atoms with Gasteiger partial charge in [0.25, 0.3) is 0 Å².